The maximum Gasteiger partial charge on any atom is 0.278 e. The molecule has 0 radical (unpaired) electrons. The predicted molar refractivity (Wildman–Crippen MR) is 129 cm³/mol. The molecule has 0 saturated heterocycles. The van der Waals surface area contributed by atoms with Gasteiger partial charge in [-0.15, -0.1) is 0 Å². The largest absolute Gasteiger partial charge is 0.464 e. The first-order valence-electron chi connectivity index (χ1n) is 12.1. The number of fused-ring (bicyclic) bond motifs is 1. The van der Waals surface area contributed by atoms with Crippen LogP contribution in [-0.2, 0) is 13.0 Å². The van der Waals surface area contributed by atoms with E-state index in [0.717, 1.165) is 87.0 Å². The Morgan fingerprint density at radius 2 is 2.00 bits per heavy atom. The summed E-state index contributed by atoms with van der Waals surface area (Å²) in [5.41, 5.74) is 3.33. The number of amides is 1. The molecule has 1 N–H and O–H groups in total. The number of aromatic nitrogens is 2. The third-order valence-electron chi connectivity index (χ3n) is 6.74. The number of nitrogens with zero attached hydrogens (tertiary/aromatic N) is 3. The number of rotatable bonds is 8. The third kappa shape index (κ3) is 6.72. The molecule has 6 nitrogen and oxygen atoms in total. The van der Waals surface area contributed by atoms with Gasteiger partial charge in [-0.25, -0.2) is 13.8 Å². The van der Waals surface area contributed by atoms with Gasteiger partial charge in [-0.1, -0.05) is 11.3 Å². The molecule has 1 aliphatic carbocycles. The summed E-state index contributed by atoms with van der Waals surface area (Å²) in [7, 11) is 0. The van der Waals surface area contributed by atoms with Gasteiger partial charge in [-0.05, 0) is 77.0 Å². The van der Waals surface area contributed by atoms with E-state index in [9.17, 15) is 13.6 Å². The lowest BCUT2D eigenvalue weighted by molar-refractivity contribution is -0.0230. The predicted octanol–water partition coefficient (Wildman–Crippen LogP) is 4.93. The zero-order valence-electron chi connectivity index (χ0n) is 20.2. The number of hydrogen-bond donors (Lipinski definition) is 1. The van der Waals surface area contributed by atoms with Gasteiger partial charge in [0.1, 0.15) is 0 Å². The molecule has 0 atom stereocenters. The highest BCUT2D eigenvalue weighted by Gasteiger charge is 2.27. The molecular weight excluding hydrogens is 458 g/mol. The van der Waals surface area contributed by atoms with Crippen molar-refractivity contribution in [2.24, 2.45) is 5.92 Å². The Labute approximate surface area is 204 Å². The molecule has 4 rings (SSSR count). The number of thiazole rings is 1. The number of aryl methyl sites for hydroxylation is 2. The Bertz CT molecular complexity index is 999. The van der Waals surface area contributed by atoms with Crippen LogP contribution in [0.3, 0.4) is 0 Å². The van der Waals surface area contributed by atoms with E-state index in [2.05, 4.69) is 20.2 Å². The zero-order chi connectivity index (χ0) is 24.3. The number of halogens is 2. The van der Waals surface area contributed by atoms with Gasteiger partial charge < -0.3 is 10.1 Å². The average Bonchev–Trinajstić information content (AvgIpc) is 3.19. The first kappa shape index (κ1) is 25.0. The van der Waals surface area contributed by atoms with Crippen molar-refractivity contribution >= 4 is 17.2 Å². The van der Waals surface area contributed by atoms with Crippen LogP contribution in [0.15, 0.2) is 12.1 Å². The Balaban J connectivity index is 1.18. The molecule has 2 aromatic rings. The molecule has 0 spiro atoms. The summed E-state index contributed by atoms with van der Waals surface area (Å²) in [6.45, 7) is 6.76. The Morgan fingerprint density at radius 1 is 1.24 bits per heavy atom. The maximum atomic E-state index is 13.0. The summed E-state index contributed by atoms with van der Waals surface area (Å²) in [6.07, 6.45) is 6.28. The number of alkyl halides is 2. The number of ether oxygens (including phenoxy) is 1. The van der Waals surface area contributed by atoms with Gasteiger partial charge in [0.15, 0.2) is 6.61 Å². The molecule has 2 aromatic heterocycles. The van der Waals surface area contributed by atoms with Crippen LogP contribution < -0.4 is 10.1 Å². The fourth-order valence-corrected chi connectivity index (χ4v) is 5.73. The second kappa shape index (κ2) is 10.6. The summed E-state index contributed by atoms with van der Waals surface area (Å²) in [5.74, 6) is -2.21. The second-order valence-electron chi connectivity index (χ2n) is 9.80. The Kier molecular flexibility index (Phi) is 7.82. The van der Waals surface area contributed by atoms with Crippen LogP contribution in [0.25, 0.3) is 0 Å². The van der Waals surface area contributed by atoms with Crippen molar-refractivity contribution in [2.75, 3.05) is 19.7 Å². The lowest BCUT2D eigenvalue weighted by Gasteiger charge is -2.32. The summed E-state index contributed by atoms with van der Waals surface area (Å²) in [4.78, 5) is 25.0. The van der Waals surface area contributed by atoms with E-state index in [4.69, 9.17) is 4.74 Å². The topological polar surface area (TPSA) is 67.4 Å². The normalized spacial score (nSPS) is 21.2. The summed E-state index contributed by atoms with van der Waals surface area (Å²) >= 11 is 1.40. The monoisotopic (exact) mass is 492 g/mol. The third-order valence-corrected chi connectivity index (χ3v) is 7.81. The van der Waals surface area contributed by atoms with Gasteiger partial charge >= 0.3 is 0 Å². The highest BCUT2D eigenvalue weighted by Crippen LogP contribution is 2.32. The van der Waals surface area contributed by atoms with Crippen molar-refractivity contribution in [1.82, 2.24) is 20.2 Å². The number of carbonyl (C=O) groups excluding carboxylic acids is 1. The van der Waals surface area contributed by atoms with E-state index in [0.29, 0.717) is 16.7 Å². The molecule has 1 fully saturated rings. The lowest BCUT2D eigenvalue weighted by Crippen LogP contribution is -2.38. The van der Waals surface area contributed by atoms with Crippen LogP contribution in [0, 0.1) is 19.8 Å². The zero-order valence-corrected chi connectivity index (χ0v) is 21.0. The highest BCUT2D eigenvalue weighted by molar-refractivity contribution is 7.13. The molecule has 0 unspecified atom stereocenters. The van der Waals surface area contributed by atoms with Gasteiger partial charge in [-0.3, -0.25) is 14.7 Å². The standard InChI is InChI=1S/C25H34F2N4O2S/c1-16-4-9-20(17(2)28-16)23(32)29-19-7-5-18(6-8-19)10-12-31-13-11-22-21(14-31)30-24(34-22)33-15-25(3,26)27/h4,9,18-19H,5-8,10-15H2,1-3H3,(H,29,32)/t18-,19-. The van der Waals surface area contributed by atoms with Crippen molar-refractivity contribution in [2.45, 2.75) is 77.8 Å². The van der Waals surface area contributed by atoms with E-state index >= 15 is 0 Å². The van der Waals surface area contributed by atoms with E-state index in [1.54, 1.807) is 0 Å². The van der Waals surface area contributed by atoms with Gasteiger partial charge in [0.05, 0.1) is 17.0 Å². The molecule has 2 aliphatic rings. The van der Waals surface area contributed by atoms with Crippen LogP contribution in [0.1, 0.15) is 71.3 Å². The summed E-state index contributed by atoms with van der Waals surface area (Å²) in [5, 5.41) is 3.55. The molecule has 186 valence electrons. The molecule has 9 heteroatoms. The van der Waals surface area contributed by atoms with Crippen LogP contribution in [0.5, 0.6) is 5.19 Å². The van der Waals surface area contributed by atoms with E-state index in [-0.39, 0.29) is 11.9 Å². The SMILES string of the molecule is Cc1ccc(C(=O)N[C@H]2CC[C@H](CCN3CCc4sc(OCC(C)(F)F)nc4C3)CC2)c(C)n1. The van der Waals surface area contributed by atoms with E-state index < -0.39 is 12.5 Å². The van der Waals surface area contributed by atoms with E-state index in [1.807, 2.05) is 26.0 Å². The molecule has 1 aliphatic heterocycles. The van der Waals surface area contributed by atoms with Gasteiger partial charge in [0.25, 0.3) is 17.0 Å². The molecule has 1 saturated carbocycles. The molecule has 0 aromatic carbocycles. The molecule has 1 amide bonds. The number of hydrogen-bond acceptors (Lipinski definition) is 6. The minimum atomic E-state index is -2.85. The van der Waals surface area contributed by atoms with Gasteiger partial charge in [-0.2, -0.15) is 0 Å². The summed E-state index contributed by atoms with van der Waals surface area (Å²) < 4.78 is 31.3. The maximum absolute atomic E-state index is 13.0. The Hall–Kier alpha value is -2.13. The van der Waals surface area contributed by atoms with Gasteiger partial charge in [0.2, 0.25) is 0 Å². The van der Waals surface area contributed by atoms with Crippen LogP contribution >= 0.6 is 11.3 Å². The first-order chi connectivity index (χ1) is 16.2. The van der Waals surface area contributed by atoms with E-state index in [1.165, 1.54) is 11.3 Å². The molecule has 34 heavy (non-hydrogen) atoms. The number of pyridine rings is 1. The van der Waals surface area contributed by atoms with Crippen molar-refractivity contribution in [3.05, 3.63) is 39.7 Å². The highest BCUT2D eigenvalue weighted by atomic mass is 32.1. The number of carbonyl (C=O) groups is 1. The molecule has 0 bridgehead atoms. The quantitative estimate of drug-likeness (QED) is 0.566. The fraction of sp³-hybridized carbons (Fsp3) is 0.640. The van der Waals surface area contributed by atoms with Crippen LogP contribution in [0.4, 0.5) is 8.78 Å². The Morgan fingerprint density at radius 3 is 2.71 bits per heavy atom. The first-order valence-corrected chi connectivity index (χ1v) is 12.9. The van der Waals surface area contributed by atoms with Crippen molar-refractivity contribution in [1.29, 1.82) is 0 Å². The number of nitrogens with one attached hydrogen (secondary N) is 1. The minimum absolute atomic E-state index is 0.0214. The molecular formula is C25H34F2N4O2S. The smallest absolute Gasteiger partial charge is 0.278 e. The molecule has 3 heterocycles. The van der Waals surface area contributed by atoms with Crippen molar-refractivity contribution < 1.29 is 18.3 Å². The lowest BCUT2D eigenvalue weighted by atomic mass is 9.84. The average molecular weight is 493 g/mol. The van der Waals surface area contributed by atoms with Crippen LogP contribution in [-0.4, -0.2) is 52.4 Å². The van der Waals surface area contributed by atoms with Crippen molar-refractivity contribution in [3.8, 4) is 5.19 Å². The fourth-order valence-electron chi connectivity index (χ4n) is 4.82. The minimum Gasteiger partial charge on any atom is -0.464 e. The second-order valence-corrected chi connectivity index (χ2v) is 10.8. The van der Waals surface area contributed by atoms with Gasteiger partial charge in [0, 0.05) is 36.6 Å². The van der Waals surface area contributed by atoms with Crippen LogP contribution in [0.2, 0.25) is 0 Å². The summed E-state index contributed by atoms with van der Waals surface area (Å²) in [6, 6.07) is 3.97. The van der Waals surface area contributed by atoms with Crippen molar-refractivity contribution in [3.63, 3.8) is 0 Å².